The first-order chi connectivity index (χ1) is 14.7. The number of hydrogen-bond acceptors (Lipinski definition) is 2. The van der Waals surface area contributed by atoms with Crippen molar-refractivity contribution >= 4 is 18.0 Å². The van der Waals surface area contributed by atoms with Crippen LogP contribution in [0.15, 0.2) is 97.1 Å². The summed E-state index contributed by atoms with van der Waals surface area (Å²) in [4.78, 5) is 29.8. The van der Waals surface area contributed by atoms with Crippen molar-refractivity contribution in [3.63, 3.8) is 0 Å². The molecule has 4 rings (SSSR count). The molecule has 0 aromatic heterocycles. The second-order valence-corrected chi connectivity index (χ2v) is 7.23. The van der Waals surface area contributed by atoms with Gasteiger partial charge in [0, 0.05) is 12.6 Å². The average molecular weight is 396 g/mol. The van der Waals surface area contributed by atoms with Crippen LogP contribution in [0.4, 0.5) is 4.79 Å². The molecule has 0 unspecified atom stereocenters. The lowest BCUT2D eigenvalue weighted by atomic mass is 9.93. The van der Waals surface area contributed by atoms with Crippen molar-refractivity contribution < 1.29 is 9.59 Å². The SMILES string of the molecule is CCN1C(=O)N(C(=O)C=Cc2ccccc2)[C@@H](c2ccccc2)[C@@H]1c1ccccc1. The number of rotatable bonds is 5. The zero-order valence-corrected chi connectivity index (χ0v) is 16.9. The van der Waals surface area contributed by atoms with Crippen molar-refractivity contribution in [2.24, 2.45) is 0 Å². The first kappa shape index (κ1) is 19.6. The quantitative estimate of drug-likeness (QED) is 0.537. The Morgan fingerprint density at radius 2 is 1.30 bits per heavy atom. The molecule has 0 spiro atoms. The largest absolute Gasteiger partial charge is 0.328 e. The fraction of sp³-hybridized carbons (Fsp3) is 0.154. The second kappa shape index (κ2) is 8.78. The molecule has 150 valence electrons. The lowest BCUT2D eigenvalue weighted by Crippen LogP contribution is -2.36. The lowest BCUT2D eigenvalue weighted by Gasteiger charge is -2.27. The molecule has 1 heterocycles. The minimum absolute atomic E-state index is 0.236. The molecule has 1 fully saturated rings. The minimum Gasteiger partial charge on any atom is -0.315 e. The van der Waals surface area contributed by atoms with Crippen LogP contribution in [0.2, 0.25) is 0 Å². The summed E-state index contributed by atoms with van der Waals surface area (Å²) in [5, 5.41) is 0. The van der Waals surface area contributed by atoms with Crippen molar-refractivity contribution in [3.05, 3.63) is 114 Å². The summed E-state index contributed by atoms with van der Waals surface area (Å²) in [5.41, 5.74) is 2.88. The van der Waals surface area contributed by atoms with E-state index in [0.29, 0.717) is 6.54 Å². The van der Waals surface area contributed by atoms with Gasteiger partial charge in [-0.2, -0.15) is 0 Å². The number of hydrogen-bond donors (Lipinski definition) is 0. The van der Waals surface area contributed by atoms with Crippen LogP contribution in [-0.4, -0.2) is 28.3 Å². The molecule has 4 nitrogen and oxygen atoms in total. The zero-order chi connectivity index (χ0) is 20.9. The predicted molar refractivity (Wildman–Crippen MR) is 118 cm³/mol. The first-order valence-electron chi connectivity index (χ1n) is 10.2. The van der Waals surface area contributed by atoms with E-state index in [2.05, 4.69) is 0 Å². The highest BCUT2D eigenvalue weighted by molar-refractivity contribution is 6.04. The molecule has 4 heteroatoms. The zero-order valence-electron chi connectivity index (χ0n) is 16.9. The van der Waals surface area contributed by atoms with Gasteiger partial charge < -0.3 is 4.90 Å². The molecule has 1 aliphatic rings. The molecule has 0 saturated carbocycles. The Labute approximate surface area is 177 Å². The Kier molecular flexibility index (Phi) is 5.75. The third-order valence-electron chi connectivity index (χ3n) is 5.44. The molecular weight excluding hydrogens is 372 g/mol. The average Bonchev–Trinajstić information content (AvgIpc) is 3.11. The number of likely N-dealkylation sites (N-methyl/N-ethyl adjacent to an activating group) is 1. The number of nitrogens with zero attached hydrogens (tertiary/aromatic N) is 2. The number of imide groups is 1. The van der Waals surface area contributed by atoms with Crippen molar-refractivity contribution in [3.8, 4) is 0 Å². The van der Waals surface area contributed by atoms with Gasteiger partial charge in [0.2, 0.25) is 0 Å². The molecule has 3 aromatic carbocycles. The van der Waals surface area contributed by atoms with Crippen LogP contribution in [0.5, 0.6) is 0 Å². The van der Waals surface area contributed by atoms with Crippen LogP contribution >= 0.6 is 0 Å². The van der Waals surface area contributed by atoms with E-state index < -0.39 is 6.04 Å². The molecule has 2 atom stereocenters. The van der Waals surface area contributed by atoms with Crippen LogP contribution < -0.4 is 0 Å². The van der Waals surface area contributed by atoms with Gasteiger partial charge in [0.15, 0.2) is 0 Å². The highest BCUT2D eigenvalue weighted by Crippen LogP contribution is 2.45. The second-order valence-electron chi connectivity index (χ2n) is 7.23. The maximum Gasteiger partial charge on any atom is 0.328 e. The van der Waals surface area contributed by atoms with Gasteiger partial charge in [-0.15, -0.1) is 0 Å². The van der Waals surface area contributed by atoms with Gasteiger partial charge in [0.05, 0.1) is 12.1 Å². The molecule has 0 N–H and O–H groups in total. The van der Waals surface area contributed by atoms with Gasteiger partial charge in [-0.3, -0.25) is 9.69 Å². The van der Waals surface area contributed by atoms with Gasteiger partial charge in [-0.1, -0.05) is 91.0 Å². The van der Waals surface area contributed by atoms with Gasteiger partial charge >= 0.3 is 6.03 Å². The third-order valence-corrected chi connectivity index (χ3v) is 5.44. The Bertz CT molecular complexity index is 1030. The Hall–Kier alpha value is -3.66. The molecule has 1 saturated heterocycles. The fourth-order valence-electron chi connectivity index (χ4n) is 4.06. The molecule has 1 aliphatic heterocycles. The van der Waals surface area contributed by atoms with Crippen LogP contribution in [0.3, 0.4) is 0 Å². The Morgan fingerprint density at radius 3 is 1.83 bits per heavy atom. The summed E-state index contributed by atoms with van der Waals surface area (Å²) in [6.45, 7) is 2.47. The van der Waals surface area contributed by atoms with Crippen LogP contribution in [0.1, 0.15) is 35.7 Å². The predicted octanol–water partition coefficient (Wildman–Crippen LogP) is 5.47. The smallest absolute Gasteiger partial charge is 0.315 e. The maximum absolute atomic E-state index is 13.4. The number of carbonyl (C=O) groups is 2. The van der Waals surface area contributed by atoms with Crippen molar-refractivity contribution in [2.45, 2.75) is 19.0 Å². The summed E-state index contributed by atoms with van der Waals surface area (Å²) in [7, 11) is 0. The third kappa shape index (κ3) is 3.77. The summed E-state index contributed by atoms with van der Waals surface area (Å²) in [6.07, 6.45) is 3.24. The summed E-state index contributed by atoms with van der Waals surface area (Å²) in [5.74, 6) is -0.311. The van der Waals surface area contributed by atoms with Gasteiger partial charge in [0.1, 0.15) is 0 Å². The normalized spacial score (nSPS) is 18.9. The molecule has 0 radical (unpaired) electrons. The number of benzene rings is 3. The van der Waals surface area contributed by atoms with Crippen molar-refractivity contribution in [2.75, 3.05) is 6.54 Å². The van der Waals surface area contributed by atoms with E-state index in [0.717, 1.165) is 16.7 Å². The van der Waals surface area contributed by atoms with E-state index in [4.69, 9.17) is 0 Å². The minimum atomic E-state index is -0.394. The van der Waals surface area contributed by atoms with E-state index in [-0.39, 0.29) is 18.0 Å². The molecule has 0 bridgehead atoms. The Morgan fingerprint density at radius 1 is 0.800 bits per heavy atom. The highest BCUT2D eigenvalue weighted by Gasteiger charge is 2.48. The molecule has 3 amide bonds. The molecule has 3 aromatic rings. The van der Waals surface area contributed by atoms with Crippen molar-refractivity contribution in [1.82, 2.24) is 9.80 Å². The van der Waals surface area contributed by atoms with Crippen LogP contribution in [-0.2, 0) is 4.79 Å². The molecular formula is C26H24N2O2. The lowest BCUT2D eigenvalue weighted by molar-refractivity contribution is -0.124. The van der Waals surface area contributed by atoms with E-state index in [9.17, 15) is 9.59 Å². The van der Waals surface area contributed by atoms with Crippen LogP contribution in [0.25, 0.3) is 6.08 Å². The van der Waals surface area contributed by atoms with E-state index >= 15 is 0 Å². The van der Waals surface area contributed by atoms with E-state index in [1.807, 2.05) is 97.9 Å². The summed E-state index contributed by atoms with van der Waals surface area (Å²) in [6, 6.07) is 28.4. The molecule has 0 aliphatic carbocycles. The Balaban J connectivity index is 1.76. The van der Waals surface area contributed by atoms with Gasteiger partial charge in [-0.25, -0.2) is 4.79 Å². The van der Waals surface area contributed by atoms with Gasteiger partial charge in [-0.05, 0) is 29.7 Å². The first-order valence-corrected chi connectivity index (χ1v) is 10.2. The monoisotopic (exact) mass is 396 g/mol. The standard InChI is InChI=1S/C26H24N2O2/c1-2-27-24(21-14-8-4-9-15-21)25(22-16-10-5-11-17-22)28(26(27)30)23(29)19-18-20-12-6-3-7-13-20/h3-19,24-25H,2H2,1H3/t24-,25-/m0/s1. The molecule has 30 heavy (non-hydrogen) atoms. The summed E-state index contributed by atoms with van der Waals surface area (Å²) >= 11 is 0. The van der Waals surface area contributed by atoms with Gasteiger partial charge in [0.25, 0.3) is 5.91 Å². The fourth-order valence-corrected chi connectivity index (χ4v) is 4.06. The number of amides is 3. The van der Waals surface area contributed by atoms with E-state index in [1.54, 1.807) is 11.0 Å². The number of urea groups is 1. The van der Waals surface area contributed by atoms with Crippen LogP contribution in [0, 0.1) is 0 Å². The number of carbonyl (C=O) groups excluding carboxylic acids is 2. The maximum atomic E-state index is 13.4. The summed E-state index contributed by atoms with van der Waals surface area (Å²) < 4.78 is 0. The van der Waals surface area contributed by atoms with E-state index in [1.165, 1.54) is 11.0 Å². The van der Waals surface area contributed by atoms with Crippen molar-refractivity contribution in [1.29, 1.82) is 0 Å². The topological polar surface area (TPSA) is 40.6 Å². The highest BCUT2D eigenvalue weighted by atomic mass is 16.2.